The van der Waals surface area contributed by atoms with Gasteiger partial charge in [-0.15, -0.1) is 5.10 Å². The lowest BCUT2D eigenvalue weighted by atomic mass is 10.1. The van der Waals surface area contributed by atoms with Crippen LogP contribution in [-0.4, -0.2) is 68.2 Å². The highest BCUT2D eigenvalue weighted by molar-refractivity contribution is 6.06. The van der Waals surface area contributed by atoms with Crippen LogP contribution in [0.1, 0.15) is 28.4 Å². The molecule has 1 atom stereocenters. The summed E-state index contributed by atoms with van der Waals surface area (Å²) in [4.78, 5) is 42.7. The number of hydrogen-bond acceptors (Lipinski definition) is 8. The minimum atomic E-state index is -4.71. The zero-order valence-corrected chi connectivity index (χ0v) is 22.3. The fourth-order valence-corrected chi connectivity index (χ4v) is 4.49. The molecule has 1 unspecified atom stereocenters. The first-order valence-corrected chi connectivity index (χ1v) is 12.5. The molecule has 2 amide bonds. The average Bonchev–Trinajstić information content (AvgIpc) is 3.42. The number of rotatable bonds is 6. The summed E-state index contributed by atoms with van der Waals surface area (Å²) in [6.45, 7) is -1.82. The summed E-state index contributed by atoms with van der Waals surface area (Å²) in [6, 6.07) is 8.71. The molecule has 16 heteroatoms. The summed E-state index contributed by atoms with van der Waals surface area (Å²) < 4.78 is 61.3. The summed E-state index contributed by atoms with van der Waals surface area (Å²) >= 11 is 0. The molecule has 12 nitrogen and oxygen atoms in total. The van der Waals surface area contributed by atoms with Crippen LogP contribution in [0.5, 0.6) is 5.75 Å². The zero-order valence-electron chi connectivity index (χ0n) is 22.3. The van der Waals surface area contributed by atoms with Crippen molar-refractivity contribution in [3.8, 4) is 17.0 Å². The van der Waals surface area contributed by atoms with Crippen molar-refractivity contribution in [1.82, 2.24) is 25.0 Å². The van der Waals surface area contributed by atoms with Gasteiger partial charge in [-0.05, 0) is 43.2 Å². The van der Waals surface area contributed by atoms with Gasteiger partial charge in [0.15, 0.2) is 0 Å². The van der Waals surface area contributed by atoms with E-state index in [1.807, 2.05) is 0 Å². The van der Waals surface area contributed by atoms with E-state index in [0.29, 0.717) is 16.3 Å². The third kappa shape index (κ3) is 7.09. The number of aromatic nitrogens is 5. The molecule has 0 saturated heterocycles. The van der Waals surface area contributed by atoms with E-state index in [2.05, 4.69) is 25.6 Å². The van der Waals surface area contributed by atoms with E-state index in [0.717, 1.165) is 6.07 Å². The van der Waals surface area contributed by atoms with Gasteiger partial charge < -0.3 is 20.1 Å². The zero-order chi connectivity index (χ0) is 31.1. The molecule has 224 valence electrons. The van der Waals surface area contributed by atoms with E-state index in [4.69, 9.17) is 14.6 Å². The Balaban J connectivity index is 0.00000135. The first-order chi connectivity index (χ1) is 20.6. The standard InChI is InChI=1S/C26H21F4N7O3.CH2O2/c1-40-22-11-15(5-6-17(22)24(38)33-23-9-10-31-14-32-23)19-12-37(35-34-19)21-8-7-16-18(27)3-2-4-20(16)36(25(21)39)13-26(28,29)30;2-1-3/h2-6,9-12,14,21H,7-8,13H2,1H3,(H,31,32,33,38);1H,(H,2,3). The van der Waals surface area contributed by atoms with Gasteiger partial charge in [-0.25, -0.2) is 19.0 Å². The molecular formula is C27H23F4N7O5. The Morgan fingerprint density at radius 3 is 2.67 bits per heavy atom. The minimum absolute atomic E-state index is 0.00932. The maximum Gasteiger partial charge on any atom is 0.406 e. The molecule has 0 radical (unpaired) electrons. The van der Waals surface area contributed by atoms with Crippen LogP contribution in [0.15, 0.2) is 61.2 Å². The number of methoxy groups -OCH3 is 1. The molecule has 2 aromatic heterocycles. The van der Waals surface area contributed by atoms with Gasteiger partial charge in [-0.1, -0.05) is 17.3 Å². The molecule has 0 fully saturated rings. The highest BCUT2D eigenvalue weighted by atomic mass is 19.4. The van der Waals surface area contributed by atoms with Crippen LogP contribution in [0.25, 0.3) is 11.3 Å². The highest BCUT2D eigenvalue weighted by Crippen LogP contribution is 2.35. The maximum absolute atomic E-state index is 14.5. The molecule has 1 aliphatic heterocycles. The number of nitrogens with zero attached hydrogens (tertiary/aromatic N) is 6. The molecule has 0 spiro atoms. The van der Waals surface area contributed by atoms with Gasteiger partial charge in [0.05, 0.1) is 24.6 Å². The van der Waals surface area contributed by atoms with Crippen molar-refractivity contribution < 1.29 is 41.8 Å². The molecule has 0 saturated carbocycles. The number of nitrogens with one attached hydrogen (secondary N) is 1. The summed E-state index contributed by atoms with van der Waals surface area (Å²) in [5.74, 6) is -1.54. The number of ether oxygens (including phenoxy) is 1. The Morgan fingerprint density at radius 1 is 1.23 bits per heavy atom. The second kappa shape index (κ2) is 13.1. The van der Waals surface area contributed by atoms with Crippen molar-refractivity contribution in [3.63, 3.8) is 0 Å². The number of amides is 2. The van der Waals surface area contributed by atoms with Crippen LogP contribution in [0.2, 0.25) is 0 Å². The minimum Gasteiger partial charge on any atom is -0.496 e. The van der Waals surface area contributed by atoms with Crippen LogP contribution in [0, 0.1) is 5.82 Å². The first-order valence-electron chi connectivity index (χ1n) is 12.5. The van der Waals surface area contributed by atoms with Crippen LogP contribution in [0.3, 0.4) is 0 Å². The molecule has 2 N–H and O–H groups in total. The lowest BCUT2D eigenvalue weighted by Gasteiger charge is -2.26. The topological polar surface area (TPSA) is 152 Å². The Morgan fingerprint density at radius 2 is 2.00 bits per heavy atom. The molecule has 1 aliphatic rings. The second-order valence-corrected chi connectivity index (χ2v) is 8.98. The quantitative estimate of drug-likeness (QED) is 0.247. The van der Waals surface area contributed by atoms with E-state index in [-0.39, 0.29) is 47.6 Å². The second-order valence-electron chi connectivity index (χ2n) is 8.98. The number of hydrogen-bond donors (Lipinski definition) is 2. The van der Waals surface area contributed by atoms with Crippen LogP contribution in [0.4, 0.5) is 29.1 Å². The van der Waals surface area contributed by atoms with Crippen LogP contribution < -0.4 is 15.0 Å². The fourth-order valence-electron chi connectivity index (χ4n) is 4.49. The van der Waals surface area contributed by atoms with Gasteiger partial charge in [-0.3, -0.25) is 14.4 Å². The number of anilines is 2. The van der Waals surface area contributed by atoms with Crippen molar-refractivity contribution in [2.75, 3.05) is 23.9 Å². The molecule has 0 aliphatic carbocycles. The predicted molar refractivity (Wildman–Crippen MR) is 143 cm³/mol. The summed E-state index contributed by atoms with van der Waals surface area (Å²) in [7, 11) is 1.38. The van der Waals surface area contributed by atoms with Gasteiger partial charge in [0.1, 0.15) is 42.0 Å². The Labute approximate surface area is 240 Å². The van der Waals surface area contributed by atoms with Gasteiger partial charge in [0, 0.05) is 17.3 Å². The van der Waals surface area contributed by atoms with E-state index in [9.17, 15) is 27.2 Å². The molecule has 5 rings (SSSR count). The molecule has 4 aromatic rings. The van der Waals surface area contributed by atoms with E-state index in [1.165, 1.54) is 54.8 Å². The lowest BCUT2D eigenvalue weighted by Crippen LogP contribution is -2.42. The SMILES string of the molecule is COc1cc(-c2cn(C3CCc4c(F)cccc4N(CC(F)(F)F)C3=O)nn2)ccc1C(=O)Nc1ccncn1.O=CO. The lowest BCUT2D eigenvalue weighted by molar-refractivity contribution is -0.134. The molecular weight excluding hydrogens is 578 g/mol. The average molecular weight is 602 g/mol. The third-order valence-corrected chi connectivity index (χ3v) is 6.34. The number of halogens is 4. The van der Waals surface area contributed by atoms with Crippen molar-refractivity contribution in [3.05, 3.63) is 78.1 Å². The number of benzene rings is 2. The van der Waals surface area contributed by atoms with E-state index in [1.54, 1.807) is 12.1 Å². The third-order valence-electron chi connectivity index (χ3n) is 6.34. The first kappa shape index (κ1) is 30.5. The Bertz CT molecular complexity index is 1620. The van der Waals surface area contributed by atoms with Gasteiger partial charge in [0.25, 0.3) is 18.3 Å². The Hall–Kier alpha value is -5.41. The largest absolute Gasteiger partial charge is 0.496 e. The number of carbonyl (C=O) groups excluding carboxylic acids is 2. The predicted octanol–water partition coefficient (Wildman–Crippen LogP) is 3.92. The highest BCUT2D eigenvalue weighted by Gasteiger charge is 2.40. The maximum atomic E-state index is 14.5. The number of carboxylic acid groups (broad SMARTS) is 1. The normalized spacial score (nSPS) is 14.6. The number of alkyl halides is 3. The molecule has 0 bridgehead atoms. The number of fused-ring (bicyclic) bond motifs is 1. The van der Waals surface area contributed by atoms with Gasteiger partial charge >= 0.3 is 6.18 Å². The number of carbonyl (C=O) groups is 3. The molecule has 3 heterocycles. The smallest absolute Gasteiger partial charge is 0.406 e. The van der Waals surface area contributed by atoms with Crippen molar-refractivity contribution in [1.29, 1.82) is 0 Å². The molecule has 43 heavy (non-hydrogen) atoms. The monoisotopic (exact) mass is 601 g/mol. The summed E-state index contributed by atoms with van der Waals surface area (Å²) in [5, 5.41) is 17.6. The van der Waals surface area contributed by atoms with E-state index >= 15 is 0 Å². The van der Waals surface area contributed by atoms with Crippen molar-refractivity contribution >= 4 is 29.8 Å². The summed E-state index contributed by atoms with van der Waals surface area (Å²) in [5.41, 5.74) is 0.876. The molecule has 2 aromatic carbocycles. The van der Waals surface area contributed by atoms with E-state index < -0.39 is 36.4 Å². The van der Waals surface area contributed by atoms with Gasteiger partial charge in [0.2, 0.25) is 0 Å². The summed E-state index contributed by atoms with van der Waals surface area (Å²) in [6.07, 6.45) is -0.504. The van der Waals surface area contributed by atoms with Gasteiger partial charge in [-0.2, -0.15) is 13.2 Å². The van der Waals surface area contributed by atoms with Crippen molar-refractivity contribution in [2.24, 2.45) is 0 Å². The van der Waals surface area contributed by atoms with Crippen molar-refractivity contribution in [2.45, 2.75) is 25.1 Å². The Kier molecular flexibility index (Phi) is 9.27. The van der Waals surface area contributed by atoms with Crippen LogP contribution in [-0.2, 0) is 16.0 Å². The fraction of sp³-hybridized carbons (Fsp3) is 0.222. The van der Waals surface area contributed by atoms with Crippen LogP contribution >= 0.6 is 0 Å².